The molecule has 0 aliphatic rings. The molecule has 0 saturated heterocycles. The van der Waals surface area contributed by atoms with Crippen LogP contribution in [0, 0.1) is 0 Å². The Balaban J connectivity index is 1.72. The van der Waals surface area contributed by atoms with Crippen molar-refractivity contribution in [1.82, 2.24) is 4.57 Å². The fourth-order valence-corrected chi connectivity index (χ4v) is 3.03. The minimum atomic E-state index is -0.671. The summed E-state index contributed by atoms with van der Waals surface area (Å²) in [5, 5.41) is 2.95. The summed E-state index contributed by atoms with van der Waals surface area (Å²) in [6.45, 7) is -0.154. The van der Waals surface area contributed by atoms with Gasteiger partial charge in [-0.2, -0.15) is 0 Å². The number of nitrogens with zero attached hydrogens (tertiary/aromatic N) is 1. The normalized spacial score (nSPS) is 10.6. The number of thiazole rings is 1. The predicted molar refractivity (Wildman–Crippen MR) is 87.6 cm³/mol. The van der Waals surface area contributed by atoms with E-state index in [-0.39, 0.29) is 11.6 Å². The van der Waals surface area contributed by atoms with E-state index in [1.54, 1.807) is 24.3 Å². The van der Waals surface area contributed by atoms with Gasteiger partial charge in [-0.05, 0) is 24.3 Å². The molecule has 0 unspecified atom stereocenters. The van der Waals surface area contributed by atoms with Crippen LogP contribution in [0.25, 0.3) is 10.2 Å². The fourth-order valence-electron chi connectivity index (χ4n) is 1.97. The summed E-state index contributed by atoms with van der Waals surface area (Å²) >= 11 is 7.06. The van der Waals surface area contributed by atoms with Crippen molar-refractivity contribution in [3.8, 4) is 0 Å². The van der Waals surface area contributed by atoms with Crippen molar-refractivity contribution in [2.45, 2.75) is 6.73 Å². The summed E-state index contributed by atoms with van der Waals surface area (Å²) in [4.78, 5) is 23.5. The van der Waals surface area contributed by atoms with Crippen molar-refractivity contribution >= 4 is 44.9 Å². The standard InChI is InChI=1S/C15H11ClN2O3S/c16-10-5-1-2-6-11(10)17-14(19)21-9-18-12-7-3-4-8-13(12)22-15(18)20/h1-8H,9H2,(H,17,19). The maximum atomic E-state index is 11.9. The Bertz CT molecular complexity index is 888. The molecular formula is C15H11ClN2O3S. The third-order valence-corrected chi connectivity index (χ3v) is 4.30. The molecule has 1 heterocycles. The Hall–Kier alpha value is -2.31. The van der Waals surface area contributed by atoms with E-state index in [1.807, 2.05) is 24.3 Å². The number of halogens is 1. The first kappa shape index (κ1) is 14.6. The number of aromatic nitrogens is 1. The van der Waals surface area contributed by atoms with Crippen molar-refractivity contribution in [3.05, 3.63) is 63.2 Å². The summed E-state index contributed by atoms with van der Waals surface area (Å²) in [6, 6.07) is 14.2. The molecule has 0 spiro atoms. The average molecular weight is 335 g/mol. The van der Waals surface area contributed by atoms with Gasteiger partial charge in [0.15, 0.2) is 6.73 Å². The first-order chi connectivity index (χ1) is 10.6. The molecule has 7 heteroatoms. The molecular weight excluding hydrogens is 324 g/mol. The van der Waals surface area contributed by atoms with Crippen LogP contribution >= 0.6 is 22.9 Å². The van der Waals surface area contributed by atoms with Crippen LogP contribution in [-0.4, -0.2) is 10.7 Å². The molecule has 0 atom stereocenters. The van der Waals surface area contributed by atoms with Crippen LogP contribution in [0.1, 0.15) is 0 Å². The zero-order chi connectivity index (χ0) is 15.5. The molecule has 1 amide bonds. The van der Waals surface area contributed by atoms with Gasteiger partial charge < -0.3 is 4.74 Å². The smallest absolute Gasteiger partial charge is 0.413 e. The molecule has 112 valence electrons. The van der Waals surface area contributed by atoms with Crippen LogP contribution in [0.15, 0.2) is 53.3 Å². The van der Waals surface area contributed by atoms with Gasteiger partial charge in [0.05, 0.1) is 20.9 Å². The number of fused-ring (bicyclic) bond motifs is 1. The van der Waals surface area contributed by atoms with Crippen LogP contribution in [0.2, 0.25) is 5.02 Å². The molecule has 0 saturated carbocycles. The van der Waals surface area contributed by atoms with Gasteiger partial charge >= 0.3 is 11.0 Å². The number of hydrogen-bond acceptors (Lipinski definition) is 4. The monoisotopic (exact) mass is 334 g/mol. The summed E-state index contributed by atoms with van der Waals surface area (Å²) in [6.07, 6.45) is -0.671. The largest absolute Gasteiger partial charge is 0.427 e. The van der Waals surface area contributed by atoms with E-state index < -0.39 is 6.09 Å². The van der Waals surface area contributed by atoms with Crippen molar-refractivity contribution < 1.29 is 9.53 Å². The average Bonchev–Trinajstić information content (AvgIpc) is 2.83. The van der Waals surface area contributed by atoms with E-state index in [9.17, 15) is 9.59 Å². The second-order valence-electron chi connectivity index (χ2n) is 4.43. The van der Waals surface area contributed by atoms with E-state index in [2.05, 4.69) is 5.32 Å². The second kappa shape index (κ2) is 6.21. The molecule has 1 aromatic heterocycles. The van der Waals surface area contributed by atoms with E-state index in [0.29, 0.717) is 10.7 Å². The number of hydrogen-bond donors (Lipinski definition) is 1. The maximum Gasteiger partial charge on any atom is 0.413 e. The maximum absolute atomic E-state index is 11.9. The molecule has 22 heavy (non-hydrogen) atoms. The number of nitrogens with one attached hydrogen (secondary N) is 1. The SMILES string of the molecule is O=C(Nc1ccccc1Cl)OCn1c(=O)sc2ccccc21. The lowest BCUT2D eigenvalue weighted by Gasteiger charge is -2.08. The number of carbonyl (C=O) groups excluding carboxylic acids is 1. The number of ether oxygens (including phenoxy) is 1. The Morgan fingerprint density at radius 2 is 1.91 bits per heavy atom. The number of benzene rings is 2. The quantitative estimate of drug-likeness (QED) is 0.789. The van der Waals surface area contributed by atoms with Gasteiger partial charge in [-0.3, -0.25) is 14.7 Å². The highest BCUT2D eigenvalue weighted by molar-refractivity contribution is 7.16. The molecule has 0 aliphatic carbocycles. The van der Waals surface area contributed by atoms with Crippen LogP contribution < -0.4 is 10.2 Å². The van der Waals surface area contributed by atoms with Gasteiger partial charge in [-0.15, -0.1) is 0 Å². The first-order valence-electron chi connectivity index (χ1n) is 6.42. The van der Waals surface area contributed by atoms with E-state index in [1.165, 1.54) is 4.57 Å². The van der Waals surface area contributed by atoms with E-state index >= 15 is 0 Å². The number of rotatable bonds is 3. The second-order valence-corrected chi connectivity index (χ2v) is 5.83. The Morgan fingerprint density at radius 3 is 2.73 bits per heavy atom. The Labute approximate surface area is 134 Å². The molecule has 0 aliphatic heterocycles. The Morgan fingerprint density at radius 1 is 1.18 bits per heavy atom. The molecule has 5 nitrogen and oxygen atoms in total. The number of carbonyl (C=O) groups is 1. The lowest BCUT2D eigenvalue weighted by atomic mass is 10.3. The summed E-state index contributed by atoms with van der Waals surface area (Å²) in [7, 11) is 0. The predicted octanol–water partition coefficient (Wildman–Crippen LogP) is 3.92. The number of para-hydroxylation sites is 2. The van der Waals surface area contributed by atoms with E-state index in [0.717, 1.165) is 21.6 Å². The molecule has 0 bridgehead atoms. The zero-order valence-corrected chi connectivity index (χ0v) is 12.9. The van der Waals surface area contributed by atoms with Gasteiger partial charge in [-0.25, -0.2) is 4.79 Å². The molecule has 3 aromatic rings. The van der Waals surface area contributed by atoms with Gasteiger partial charge in [-0.1, -0.05) is 47.2 Å². The van der Waals surface area contributed by atoms with Crippen LogP contribution in [0.5, 0.6) is 0 Å². The fraction of sp³-hybridized carbons (Fsp3) is 0.0667. The highest BCUT2D eigenvalue weighted by Gasteiger charge is 2.10. The van der Waals surface area contributed by atoms with Crippen LogP contribution in [-0.2, 0) is 11.5 Å². The minimum absolute atomic E-state index is 0.154. The Kier molecular flexibility index (Phi) is 4.13. The minimum Gasteiger partial charge on any atom is -0.427 e. The topological polar surface area (TPSA) is 60.3 Å². The highest BCUT2D eigenvalue weighted by atomic mass is 35.5. The number of anilines is 1. The van der Waals surface area contributed by atoms with Gasteiger partial charge in [0.25, 0.3) is 0 Å². The summed E-state index contributed by atoms with van der Waals surface area (Å²) < 4.78 is 7.35. The molecule has 2 aromatic carbocycles. The third-order valence-electron chi connectivity index (χ3n) is 3.01. The lowest BCUT2D eigenvalue weighted by Crippen LogP contribution is -2.20. The molecule has 0 radical (unpaired) electrons. The molecule has 1 N–H and O–H groups in total. The molecule has 3 rings (SSSR count). The summed E-state index contributed by atoms with van der Waals surface area (Å²) in [5.74, 6) is 0. The first-order valence-corrected chi connectivity index (χ1v) is 7.61. The van der Waals surface area contributed by atoms with E-state index in [4.69, 9.17) is 16.3 Å². The van der Waals surface area contributed by atoms with Crippen LogP contribution in [0.3, 0.4) is 0 Å². The van der Waals surface area contributed by atoms with Gasteiger partial charge in [0.1, 0.15) is 0 Å². The van der Waals surface area contributed by atoms with Crippen LogP contribution in [0.4, 0.5) is 10.5 Å². The van der Waals surface area contributed by atoms with Crippen molar-refractivity contribution in [2.75, 3.05) is 5.32 Å². The van der Waals surface area contributed by atoms with Crippen molar-refractivity contribution in [2.24, 2.45) is 0 Å². The zero-order valence-electron chi connectivity index (χ0n) is 11.3. The molecule has 0 fully saturated rings. The third kappa shape index (κ3) is 2.98. The lowest BCUT2D eigenvalue weighted by molar-refractivity contribution is 0.129. The number of amides is 1. The summed E-state index contributed by atoms with van der Waals surface area (Å²) in [5.41, 5.74) is 1.19. The van der Waals surface area contributed by atoms with Crippen molar-refractivity contribution in [3.63, 3.8) is 0 Å². The highest BCUT2D eigenvalue weighted by Crippen LogP contribution is 2.21. The van der Waals surface area contributed by atoms with Gasteiger partial charge in [0, 0.05) is 0 Å². The van der Waals surface area contributed by atoms with Crippen molar-refractivity contribution in [1.29, 1.82) is 0 Å². The van der Waals surface area contributed by atoms with Gasteiger partial charge in [0.2, 0.25) is 0 Å².